The van der Waals surface area contributed by atoms with E-state index in [-0.39, 0.29) is 17.0 Å². The van der Waals surface area contributed by atoms with Crippen molar-refractivity contribution in [3.8, 4) is 0 Å². The van der Waals surface area contributed by atoms with Crippen LogP contribution in [-0.2, 0) is 19.0 Å². The predicted molar refractivity (Wildman–Crippen MR) is 98.1 cm³/mol. The molecule has 0 unspecified atom stereocenters. The van der Waals surface area contributed by atoms with E-state index in [1.54, 1.807) is 34.5 Å². The number of hydrogen-bond donors (Lipinski definition) is 2. The van der Waals surface area contributed by atoms with E-state index in [1.807, 2.05) is 13.0 Å². The van der Waals surface area contributed by atoms with Gasteiger partial charge in [-0.15, -0.1) is 0 Å². The molecule has 2 N–H and O–H groups in total. The summed E-state index contributed by atoms with van der Waals surface area (Å²) in [5.41, 5.74) is 2.57. The molecular weight excluding hydrogens is 318 g/mol. The SMILES string of the molecule is CCn1c(=O)[nH]c2cc(C(=O)Nc3cc(C(C)(C)C)nn3C)ccc21. The number of nitrogens with one attached hydrogen (secondary N) is 2. The number of rotatable bonds is 3. The summed E-state index contributed by atoms with van der Waals surface area (Å²) >= 11 is 0. The highest BCUT2D eigenvalue weighted by atomic mass is 16.2. The fourth-order valence-corrected chi connectivity index (χ4v) is 2.76. The van der Waals surface area contributed by atoms with Crippen molar-refractivity contribution >= 4 is 22.8 Å². The fraction of sp³-hybridized carbons (Fsp3) is 0.389. The number of imidazole rings is 1. The monoisotopic (exact) mass is 341 g/mol. The molecular formula is C18H23N5O2. The van der Waals surface area contributed by atoms with E-state index in [2.05, 4.69) is 36.2 Å². The number of fused-ring (bicyclic) bond motifs is 1. The molecule has 2 aromatic heterocycles. The van der Waals surface area contributed by atoms with Crippen LogP contribution in [0, 0.1) is 0 Å². The average molecular weight is 341 g/mol. The lowest BCUT2D eigenvalue weighted by atomic mass is 9.92. The van der Waals surface area contributed by atoms with Crippen LogP contribution >= 0.6 is 0 Å². The topological polar surface area (TPSA) is 84.7 Å². The first-order chi connectivity index (χ1) is 11.7. The van der Waals surface area contributed by atoms with E-state index >= 15 is 0 Å². The number of anilines is 1. The van der Waals surface area contributed by atoms with Gasteiger partial charge in [0.25, 0.3) is 5.91 Å². The second-order valence-corrected chi connectivity index (χ2v) is 7.15. The van der Waals surface area contributed by atoms with E-state index in [0.29, 0.717) is 23.4 Å². The summed E-state index contributed by atoms with van der Waals surface area (Å²) in [5, 5.41) is 7.34. The Morgan fingerprint density at radius 1 is 1.28 bits per heavy atom. The van der Waals surface area contributed by atoms with Crippen LogP contribution < -0.4 is 11.0 Å². The molecule has 0 bridgehead atoms. The summed E-state index contributed by atoms with van der Waals surface area (Å²) in [4.78, 5) is 27.2. The molecule has 0 saturated carbocycles. The first-order valence-corrected chi connectivity index (χ1v) is 8.29. The van der Waals surface area contributed by atoms with Crippen molar-refractivity contribution < 1.29 is 4.79 Å². The van der Waals surface area contributed by atoms with Gasteiger partial charge in [-0.05, 0) is 25.1 Å². The highest BCUT2D eigenvalue weighted by Crippen LogP contribution is 2.24. The molecule has 0 aliphatic heterocycles. The van der Waals surface area contributed by atoms with Crippen LogP contribution in [-0.4, -0.2) is 25.2 Å². The largest absolute Gasteiger partial charge is 0.326 e. The van der Waals surface area contributed by atoms with E-state index in [9.17, 15) is 9.59 Å². The quantitative estimate of drug-likeness (QED) is 0.768. The van der Waals surface area contributed by atoms with Crippen molar-refractivity contribution in [2.75, 3.05) is 5.32 Å². The number of amides is 1. The smallest absolute Gasteiger partial charge is 0.307 e. The number of carbonyl (C=O) groups excluding carboxylic acids is 1. The van der Waals surface area contributed by atoms with Crippen LogP contribution in [0.5, 0.6) is 0 Å². The summed E-state index contributed by atoms with van der Waals surface area (Å²) in [6.07, 6.45) is 0. The van der Waals surface area contributed by atoms with Gasteiger partial charge >= 0.3 is 5.69 Å². The minimum atomic E-state index is -0.240. The molecule has 3 rings (SSSR count). The van der Waals surface area contributed by atoms with Gasteiger partial charge in [-0.2, -0.15) is 5.10 Å². The molecule has 25 heavy (non-hydrogen) atoms. The summed E-state index contributed by atoms with van der Waals surface area (Å²) in [7, 11) is 1.80. The van der Waals surface area contributed by atoms with Crippen molar-refractivity contribution in [2.45, 2.75) is 39.7 Å². The molecule has 2 heterocycles. The summed E-state index contributed by atoms with van der Waals surface area (Å²) in [5.74, 6) is 0.394. The molecule has 0 aliphatic carbocycles. The molecule has 0 saturated heterocycles. The zero-order valence-electron chi connectivity index (χ0n) is 15.2. The minimum Gasteiger partial charge on any atom is -0.307 e. The average Bonchev–Trinajstić information content (AvgIpc) is 3.05. The Balaban J connectivity index is 1.90. The zero-order chi connectivity index (χ0) is 18.4. The Bertz CT molecular complexity index is 1000. The maximum Gasteiger partial charge on any atom is 0.326 e. The first kappa shape index (κ1) is 17.0. The lowest BCUT2D eigenvalue weighted by Crippen LogP contribution is -2.15. The maximum atomic E-state index is 12.6. The van der Waals surface area contributed by atoms with Crippen molar-refractivity contribution in [2.24, 2.45) is 7.05 Å². The fourth-order valence-electron chi connectivity index (χ4n) is 2.76. The molecule has 0 atom stereocenters. The molecule has 0 radical (unpaired) electrons. The van der Waals surface area contributed by atoms with Crippen molar-refractivity contribution in [3.05, 3.63) is 46.0 Å². The Kier molecular flexibility index (Phi) is 4.02. The standard InChI is InChI=1S/C18H23N5O2/c1-6-23-13-8-7-11(9-12(13)19-17(23)25)16(24)20-15-10-14(18(2,3)4)21-22(15)5/h7-10H,6H2,1-5H3,(H,19,25)(H,20,24). The van der Waals surface area contributed by atoms with Crippen molar-refractivity contribution in [3.63, 3.8) is 0 Å². The number of hydrogen-bond acceptors (Lipinski definition) is 3. The van der Waals surface area contributed by atoms with Gasteiger partial charge in [-0.1, -0.05) is 20.8 Å². The van der Waals surface area contributed by atoms with Crippen LogP contribution in [0.4, 0.5) is 5.82 Å². The molecule has 0 aliphatic rings. The lowest BCUT2D eigenvalue weighted by molar-refractivity contribution is 0.102. The third-order valence-corrected chi connectivity index (χ3v) is 4.24. The number of aromatic amines is 1. The van der Waals surface area contributed by atoms with Crippen LogP contribution in [0.3, 0.4) is 0 Å². The van der Waals surface area contributed by atoms with Gasteiger partial charge in [-0.25, -0.2) is 4.79 Å². The minimum absolute atomic E-state index is 0.0950. The normalized spacial score (nSPS) is 11.9. The van der Waals surface area contributed by atoms with Gasteiger partial charge in [0.2, 0.25) is 0 Å². The molecule has 132 valence electrons. The molecule has 7 nitrogen and oxygen atoms in total. The maximum absolute atomic E-state index is 12.6. The molecule has 7 heteroatoms. The number of aromatic nitrogens is 4. The first-order valence-electron chi connectivity index (χ1n) is 8.29. The molecule has 1 aromatic carbocycles. The Morgan fingerprint density at radius 3 is 2.60 bits per heavy atom. The Labute approximate surface area is 145 Å². The second-order valence-electron chi connectivity index (χ2n) is 7.15. The van der Waals surface area contributed by atoms with Crippen LogP contribution in [0.25, 0.3) is 11.0 Å². The highest BCUT2D eigenvalue weighted by molar-refractivity contribution is 6.05. The number of nitrogens with zero attached hydrogens (tertiary/aromatic N) is 3. The van der Waals surface area contributed by atoms with Gasteiger partial charge in [0.1, 0.15) is 5.82 Å². The van der Waals surface area contributed by atoms with Crippen LogP contribution in [0.15, 0.2) is 29.1 Å². The Hall–Kier alpha value is -2.83. The van der Waals surface area contributed by atoms with Crippen LogP contribution in [0.1, 0.15) is 43.7 Å². The van der Waals surface area contributed by atoms with Gasteiger partial charge in [0.05, 0.1) is 16.7 Å². The molecule has 3 aromatic rings. The number of H-pyrrole nitrogens is 1. The van der Waals surface area contributed by atoms with E-state index in [1.165, 1.54) is 0 Å². The highest BCUT2D eigenvalue weighted by Gasteiger charge is 2.20. The number of benzene rings is 1. The van der Waals surface area contributed by atoms with E-state index in [0.717, 1.165) is 11.2 Å². The summed E-state index contributed by atoms with van der Waals surface area (Å²) in [6, 6.07) is 7.08. The number of carbonyl (C=O) groups is 1. The molecule has 1 amide bonds. The third kappa shape index (κ3) is 3.09. The lowest BCUT2D eigenvalue weighted by Gasteiger charge is -2.13. The molecule has 0 spiro atoms. The third-order valence-electron chi connectivity index (χ3n) is 4.24. The number of aryl methyl sites for hydroxylation is 2. The summed E-state index contributed by atoms with van der Waals surface area (Å²) < 4.78 is 3.29. The van der Waals surface area contributed by atoms with Gasteiger partial charge < -0.3 is 10.3 Å². The van der Waals surface area contributed by atoms with Gasteiger partial charge in [0, 0.05) is 30.6 Å². The van der Waals surface area contributed by atoms with Gasteiger partial charge in [-0.3, -0.25) is 14.0 Å². The van der Waals surface area contributed by atoms with E-state index in [4.69, 9.17) is 0 Å². The second kappa shape index (κ2) is 5.91. The predicted octanol–water partition coefficient (Wildman–Crippen LogP) is 2.63. The Morgan fingerprint density at radius 2 is 2.00 bits per heavy atom. The summed E-state index contributed by atoms with van der Waals surface area (Å²) in [6.45, 7) is 8.70. The zero-order valence-corrected chi connectivity index (χ0v) is 15.2. The molecule has 0 fully saturated rings. The van der Waals surface area contributed by atoms with Crippen molar-refractivity contribution in [1.29, 1.82) is 0 Å². The van der Waals surface area contributed by atoms with Gasteiger partial charge in [0.15, 0.2) is 0 Å². The van der Waals surface area contributed by atoms with E-state index < -0.39 is 0 Å². The van der Waals surface area contributed by atoms with Crippen LogP contribution in [0.2, 0.25) is 0 Å². The van der Waals surface area contributed by atoms with Crippen molar-refractivity contribution in [1.82, 2.24) is 19.3 Å².